The summed E-state index contributed by atoms with van der Waals surface area (Å²) in [5, 5.41) is 0. The third-order valence-corrected chi connectivity index (χ3v) is 2.50. The maximum atomic E-state index is 11.6. The Bertz CT molecular complexity index is 300. The molecule has 0 bridgehead atoms. The van der Waals surface area contributed by atoms with Gasteiger partial charge >= 0.3 is 5.97 Å². The number of rotatable bonds is 6. The number of nitrogens with two attached hydrogens (primary N) is 1. The summed E-state index contributed by atoms with van der Waals surface area (Å²) in [5.74, 6) is -0.726. The Morgan fingerprint density at radius 1 is 1.41 bits per heavy atom. The molecule has 98 valence electrons. The molecular formula is C12H22N2O3. The van der Waals surface area contributed by atoms with Crippen molar-refractivity contribution in [2.45, 2.75) is 26.8 Å². The van der Waals surface area contributed by atoms with E-state index in [0.29, 0.717) is 6.54 Å². The van der Waals surface area contributed by atoms with E-state index in [4.69, 9.17) is 10.5 Å². The van der Waals surface area contributed by atoms with Crippen LogP contribution in [0.4, 0.5) is 0 Å². The molecule has 1 amide bonds. The predicted molar refractivity (Wildman–Crippen MR) is 66.2 cm³/mol. The lowest BCUT2D eigenvalue weighted by Gasteiger charge is -2.18. The second-order valence-corrected chi connectivity index (χ2v) is 4.30. The van der Waals surface area contributed by atoms with E-state index in [1.54, 1.807) is 7.05 Å². The maximum Gasteiger partial charge on any atom is 0.323 e. The minimum absolute atomic E-state index is 0.00443. The van der Waals surface area contributed by atoms with Crippen molar-refractivity contribution >= 4 is 11.9 Å². The Morgan fingerprint density at radius 2 is 1.94 bits per heavy atom. The Morgan fingerprint density at radius 3 is 2.35 bits per heavy atom. The highest BCUT2D eigenvalue weighted by molar-refractivity contribution is 5.93. The molecule has 0 fully saturated rings. The van der Waals surface area contributed by atoms with Gasteiger partial charge in [0.15, 0.2) is 0 Å². The van der Waals surface area contributed by atoms with Crippen molar-refractivity contribution in [2.24, 2.45) is 11.7 Å². The van der Waals surface area contributed by atoms with Gasteiger partial charge in [-0.1, -0.05) is 20.4 Å². The molecule has 17 heavy (non-hydrogen) atoms. The third kappa shape index (κ3) is 4.99. The second-order valence-electron chi connectivity index (χ2n) is 4.30. The number of carbonyl (C=O) groups is 2. The number of likely N-dealkylation sites (N-methyl/N-ethyl adjacent to an activating group) is 1. The van der Waals surface area contributed by atoms with Crippen LogP contribution >= 0.6 is 0 Å². The van der Waals surface area contributed by atoms with Crippen LogP contribution < -0.4 is 5.73 Å². The largest absolute Gasteiger partial charge is 0.459 e. The lowest BCUT2D eigenvalue weighted by Crippen LogP contribution is -2.38. The third-order valence-electron chi connectivity index (χ3n) is 2.50. The molecule has 0 aromatic heterocycles. The van der Waals surface area contributed by atoms with Crippen molar-refractivity contribution < 1.29 is 14.3 Å². The summed E-state index contributed by atoms with van der Waals surface area (Å²) in [5.41, 5.74) is 5.86. The lowest BCUT2D eigenvalue weighted by atomic mass is 10.1. The lowest BCUT2D eigenvalue weighted by molar-refractivity contribution is -0.145. The van der Waals surface area contributed by atoms with Crippen LogP contribution in [0.25, 0.3) is 0 Å². The summed E-state index contributed by atoms with van der Waals surface area (Å²) >= 11 is 0. The number of hydrogen-bond acceptors (Lipinski definition) is 4. The number of carbonyl (C=O) groups excluding carboxylic acids is 2. The van der Waals surface area contributed by atoms with Crippen LogP contribution in [0.2, 0.25) is 0 Å². The minimum Gasteiger partial charge on any atom is -0.459 e. The number of ether oxygens (including phenoxy) is 1. The molecule has 0 unspecified atom stereocenters. The highest BCUT2D eigenvalue weighted by atomic mass is 16.5. The van der Waals surface area contributed by atoms with Crippen LogP contribution in [0.5, 0.6) is 0 Å². The fourth-order valence-electron chi connectivity index (χ4n) is 1.00. The first-order valence-electron chi connectivity index (χ1n) is 5.66. The molecular weight excluding hydrogens is 220 g/mol. The topological polar surface area (TPSA) is 72.6 Å². The van der Waals surface area contributed by atoms with Crippen LogP contribution in [0, 0.1) is 5.92 Å². The first kappa shape index (κ1) is 15.6. The average molecular weight is 242 g/mol. The van der Waals surface area contributed by atoms with Crippen LogP contribution in [0.3, 0.4) is 0 Å². The van der Waals surface area contributed by atoms with E-state index in [0.717, 1.165) is 0 Å². The van der Waals surface area contributed by atoms with Gasteiger partial charge in [0.25, 0.3) is 5.91 Å². The van der Waals surface area contributed by atoms with Gasteiger partial charge in [-0.25, -0.2) is 0 Å². The van der Waals surface area contributed by atoms with Gasteiger partial charge in [0.05, 0.1) is 0 Å². The standard InChI is InChI=1S/C12H22N2O3/c1-6-14(5)11(15)9(4)7-17-12(16)10(13)8(2)3/h8,10H,4,6-7,13H2,1-3,5H3/t10-/m1/s1. The van der Waals surface area contributed by atoms with Crippen molar-refractivity contribution in [1.82, 2.24) is 4.90 Å². The molecule has 0 aromatic rings. The molecule has 2 N–H and O–H groups in total. The van der Waals surface area contributed by atoms with Crippen molar-refractivity contribution in [3.05, 3.63) is 12.2 Å². The van der Waals surface area contributed by atoms with E-state index >= 15 is 0 Å². The van der Waals surface area contributed by atoms with Crippen molar-refractivity contribution in [3.8, 4) is 0 Å². The maximum absolute atomic E-state index is 11.6. The van der Waals surface area contributed by atoms with Crippen molar-refractivity contribution in [1.29, 1.82) is 0 Å². The Kier molecular flexibility index (Phi) is 6.50. The van der Waals surface area contributed by atoms with Gasteiger partial charge in [0.1, 0.15) is 12.6 Å². The van der Waals surface area contributed by atoms with Gasteiger partial charge in [-0.15, -0.1) is 0 Å². The minimum atomic E-state index is -0.665. The zero-order valence-corrected chi connectivity index (χ0v) is 11.0. The molecule has 5 heteroatoms. The quantitative estimate of drug-likeness (QED) is 0.545. The molecule has 0 saturated carbocycles. The molecule has 5 nitrogen and oxygen atoms in total. The van der Waals surface area contributed by atoms with E-state index in [9.17, 15) is 9.59 Å². The molecule has 0 aliphatic carbocycles. The molecule has 0 aliphatic rings. The summed E-state index contributed by atoms with van der Waals surface area (Å²) in [6.07, 6.45) is 0. The Balaban J connectivity index is 4.17. The van der Waals surface area contributed by atoms with Gasteiger partial charge in [0.2, 0.25) is 0 Å². The van der Waals surface area contributed by atoms with Gasteiger partial charge < -0.3 is 15.4 Å². The smallest absolute Gasteiger partial charge is 0.323 e. The Hall–Kier alpha value is -1.36. The highest BCUT2D eigenvalue weighted by Crippen LogP contribution is 2.03. The van der Waals surface area contributed by atoms with E-state index < -0.39 is 12.0 Å². The Labute approximate surface area is 103 Å². The fraction of sp³-hybridized carbons (Fsp3) is 0.667. The summed E-state index contributed by atoms with van der Waals surface area (Å²) in [7, 11) is 1.66. The zero-order chi connectivity index (χ0) is 13.6. The molecule has 1 atom stereocenters. The zero-order valence-electron chi connectivity index (χ0n) is 11.0. The summed E-state index contributed by atoms with van der Waals surface area (Å²) in [6.45, 7) is 9.58. The van der Waals surface area contributed by atoms with Gasteiger partial charge in [-0.3, -0.25) is 9.59 Å². The number of amides is 1. The monoisotopic (exact) mass is 242 g/mol. The van der Waals surface area contributed by atoms with Crippen LogP contribution in [-0.2, 0) is 14.3 Å². The SMILES string of the molecule is C=C(COC(=O)[C@H](N)C(C)C)C(=O)N(C)CC. The molecule has 0 saturated heterocycles. The van der Waals surface area contributed by atoms with E-state index in [-0.39, 0.29) is 24.0 Å². The summed E-state index contributed by atoms with van der Waals surface area (Å²) in [4.78, 5) is 24.5. The summed E-state index contributed by atoms with van der Waals surface area (Å²) in [6, 6.07) is -0.665. The van der Waals surface area contributed by atoms with E-state index in [2.05, 4.69) is 6.58 Å². The highest BCUT2D eigenvalue weighted by Gasteiger charge is 2.20. The molecule has 0 aromatic carbocycles. The fourth-order valence-corrected chi connectivity index (χ4v) is 1.00. The molecule has 0 heterocycles. The molecule has 0 spiro atoms. The number of esters is 1. The van der Waals surface area contributed by atoms with E-state index in [1.807, 2.05) is 20.8 Å². The normalized spacial score (nSPS) is 12.1. The van der Waals surface area contributed by atoms with E-state index in [1.165, 1.54) is 4.90 Å². The first-order chi connectivity index (χ1) is 7.81. The second kappa shape index (κ2) is 7.06. The van der Waals surface area contributed by atoms with Crippen LogP contribution in [0.15, 0.2) is 12.2 Å². The van der Waals surface area contributed by atoms with Crippen molar-refractivity contribution in [2.75, 3.05) is 20.2 Å². The molecule has 0 rings (SSSR count). The average Bonchev–Trinajstić information content (AvgIpc) is 2.32. The van der Waals surface area contributed by atoms with Gasteiger partial charge in [-0.05, 0) is 12.8 Å². The van der Waals surface area contributed by atoms with Crippen molar-refractivity contribution in [3.63, 3.8) is 0 Å². The van der Waals surface area contributed by atoms with Crippen LogP contribution in [0.1, 0.15) is 20.8 Å². The number of hydrogen-bond donors (Lipinski definition) is 1. The van der Waals surface area contributed by atoms with Crippen LogP contribution in [-0.4, -0.2) is 43.0 Å². The van der Waals surface area contributed by atoms with Gasteiger partial charge in [0, 0.05) is 19.2 Å². The van der Waals surface area contributed by atoms with Gasteiger partial charge in [-0.2, -0.15) is 0 Å². The number of nitrogens with zero attached hydrogens (tertiary/aromatic N) is 1. The molecule has 0 aliphatic heterocycles. The molecule has 0 radical (unpaired) electrons. The summed E-state index contributed by atoms with van der Waals surface area (Å²) < 4.78 is 4.93. The first-order valence-corrected chi connectivity index (χ1v) is 5.66. The predicted octanol–water partition coefficient (Wildman–Crippen LogP) is 0.547.